The van der Waals surface area contributed by atoms with Crippen LogP contribution in [0.4, 0.5) is 18.9 Å². The Morgan fingerprint density at radius 1 is 1.14 bits per heavy atom. The van der Waals surface area contributed by atoms with Gasteiger partial charge in [-0.2, -0.15) is 5.10 Å². The second kappa shape index (κ2) is 14.2. The molecule has 266 valence electrons. The Balaban J connectivity index is 1.19. The molecule has 3 N–H and O–H groups in total. The molecule has 14 heteroatoms. The summed E-state index contributed by atoms with van der Waals surface area (Å²) in [5.41, 5.74) is 3.18. The molecule has 0 unspecified atom stereocenters. The van der Waals surface area contributed by atoms with Crippen molar-refractivity contribution in [1.82, 2.24) is 24.6 Å². The van der Waals surface area contributed by atoms with Gasteiger partial charge in [0, 0.05) is 26.0 Å². The number of nitrogens with two attached hydrogens (primary N) is 1. The number of carbonyl (C=O) groups is 1. The number of hydrogen-bond acceptors (Lipinski definition) is 9. The first kappa shape index (κ1) is 35.6. The molecular weight excluding hydrogens is 665 g/mol. The number of aryl methyl sites for hydroxylation is 1. The number of anilines is 1. The van der Waals surface area contributed by atoms with Crippen molar-refractivity contribution in [2.45, 2.75) is 62.2 Å². The molecule has 11 nitrogen and oxygen atoms in total. The van der Waals surface area contributed by atoms with E-state index in [2.05, 4.69) is 27.0 Å². The third-order valence-corrected chi connectivity index (χ3v) is 9.71. The molecule has 2 aliphatic rings. The maximum atomic E-state index is 15.9. The quantitative estimate of drug-likeness (QED) is 0.267. The molecule has 2 aromatic heterocycles. The number of piperidine rings is 1. The zero-order valence-corrected chi connectivity index (χ0v) is 28.1. The van der Waals surface area contributed by atoms with E-state index >= 15 is 8.78 Å². The fourth-order valence-corrected chi connectivity index (χ4v) is 6.75. The Labute approximate surface area is 292 Å². The lowest BCUT2D eigenvalue weighted by molar-refractivity contribution is -0.223. The molecule has 1 aliphatic heterocycles. The van der Waals surface area contributed by atoms with Crippen LogP contribution in [0.1, 0.15) is 48.4 Å². The number of aromatic nitrogens is 4. The Hall–Kier alpha value is -5.26. The van der Waals surface area contributed by atoms with Gasteiger partial charge in [-0.15, -0.1) is 5.10 Å². The van der Waals surface area contributed by atoms with Gasteiger partial charge < -0.3 is 25.2 Å². The van der Waals surface area contributed by atoms with E-state index in [0.29, 0.717) is 25.0 Å². The summed E-state index contributed by atoms with van der Waals surface area (Å²) in [6.45, 7) is -0.165. The number of methoxy groups -OCH3 is 1. The highest BCUT2D eigenvalue weighted by Crippen LogP contribution is 2.46. The lowest BCUT2D eigenvalue weighted by Crippen LogP contribution is -2.64. The maximum Gasteiger partial charge on any atom is 0.295 e. The molecule has 1 saturated heterocycles. The summed E-state index contributed by atoms with van der Waals surface area (Å²) in [4.78, 5) is 32.2. The standard InChI is InChI=1S/C37H37F3N6O5/c1-24-18-27(44-43-20-24)12-14-35(50-2)15-13-29(30(19-35)25-6-4-3-5-7-25)33(47)45-17-16-36(49,37(39,40)22-45)21-46-23-42-32(31(41)34(46)48)51-28-10-8-26(38)9-11-28/h3-11,18,20,23,29-30,49H,13,15-17,19,21-22,41H2,1-2H3/t29-,30+,35-,36+/m1/s1. The van der Waals surface area contributed by atoms with Gasteiger partial charge in [0.15, 0.2) is 5.69 Å². The summed E-state index contributed by atoms with van der Waals surface area (Å²) in [6, 6.07) is 16.1. The number of carbonyl (C=O) groups excluding carboxylic acids is 1. The largest absolute Gasteiger partial charge is 0.437 e. The van der Waals surface area contributed by atoms with E-state index in [4.69, 9.17) is 15.2 Å². The van der Waals surface area contributed by atoms with Gasteiger partial charge in [0.05, 0.1) is 19.3 Å². The number of halogens is 3. The average molecular weight is 703 g/mol. The number of benzene rings is 2. The highest BCUT2D eigenvalue weighted by Gasteiger charge is 2.58. The van der Waals surface area contributed by atoms with Crippen LogP contribution in [0.15, 0.2) is 78.0 Å². The molecule has 1 aliphatic carbocycles. The summed E-state index contributed by atoms with van der Waals surface area (Å²) >= 11 is 0. The smallest absolute Gasteiger partial charge is 0.295 e. The lowest BCUT2D eigenvalue weighted by Gasteiger charge is -2.47. The van der Waals surface area contributed by atoms with Crippen molar-refractivity contribution in [3.8, 4) is 23.5 Å². The summed E-state index contributed by atoms with van der Waals surface area (Å²) in [7, 11) is 1.56. The van der Waals surface area contributed by atoms with Crippen LogP contribution in [0.5, 0.6) is 11.6 Å². The van der Waals surface area contributed by atoms with E-state index in [-0.39, 0.29) is 18.2 Å². The monoisotopic (exact) mass is 702 g/mol. The number of hydrogen-bond donors (Lipinski definition) is 2. The molecule has 51 heavy (non-hydrogen) atoms. The first-order chi connectivity index (χ1) is 24.3. The molecule has 2 fully saturated rings. The second-order valence-corrected chi connectivity index (χ2v) is 13.1. The molecule has 4 aromatic rings. The van der Waals surface area contributed by atoms with Crippen molar-refractivity contribution < 1.29 is 32.5 Å². The number of amides is 1. The SMILES string of the molecule is CO[C@]1(C#Cc2cc(C)cnn2)CC[C@@H](C(=O)N2CC[C@](O)(Cn3cnc(Oc4ccc(F)cc4)c(N)c3=O)C(F)(F)C2)[C@H](c2ccccc2)C1. The minimum Gasteiger partial charge on any atom is -0.437 e. The number of nitrogens with zero attached hydrogens (tertiary/aromatic N) is 5. The van der Waals surface area contributed by atoms with Crippen molar-refractivity contribution in [3.05, 3.63) is 106 Å². The maximum absolute atomic E-state index is 15.9. The molecule has 0 spiro atoms. The van der Waals surface area contributed by atoms with Crippen molar-refractivity contribution in [3.63, 3.8) is 0 Å². The Kier molecular flexibility index (Phi) is 9.88. The van der Waals surface area contributed by atoms with Crippen molar-refractivity contribution in [2.24, 2.45) is 5.92 Å². The molecule has 0 bridgehead atoms. The number of nitrogen functional groups attached to an aromatic ring is 1. The summed E-state index contributed by atoms with van der Waals surface area (Å²) in [5.74, 6) is 0.328. The fourth-order valence-electron chi connectivity index (χ4n) is 6.75. The molecule has 0 radical (unpaired) electrons. The van der Waals surface area contributed by atoms with E-state index in [9.17, 15) is 19.1 Å². The minimum atomic E-state index is -3.80. The van der Waals surface area contributed by atoms with Crippen LogP contribution in [0.25, 0.3) is 0 Å². The van der Waals surface area contributed by atoms with Crippen molar-refractivity contribution in [1.29, 1.82) is 0 Å². The number of aliphatic hydroxyl groups is 1. The van der Waals surface area contributed by atoms with Gasteiger partial charge in [-0.3, -0.25) is 14.2 Å². The highest BCUT2D eigenvalue weighted by molar-refractivity contribution is 5.80. The topological polar surface area (TPSA) is 146 Å². The van der Waals surface area contributed by atoms with E-state index in [1.807, 2.05) is 43.3 Å². The van der Waals surface area contributed by atoms with Gasteiger partial charge in [0.2, 0.25) is 11.8 Å². The predicted molar refractivity (Wildman–Crippen MR) is 180 cm³/mol. The molecule has 6 rings (SSSR count). The van der Waals surface area contributed by atoms with Crippen LogP contribution in [0, 0.1) is 30.5 Å². The van der Waals surface area contributed by atoms with Crippen LogP contribution in [0.2, 0.25) is 0 Å². The molecule has 1 saturated carbocycles. The first-order valence-electron chi connectivity index (χ1n) is 16.4. The van der Waals surface area contributed by atoms with Crippen LogP contribution in [-0.2, 0) is 16.1 Å². The van der Waals surface area contributed by atoms with Gasteiger partial charge in [-0.25, -0.2) is 18.2 Å². The van der Waals surface area contributed by atoms with Crippen LogP contribution >= 0.6 is 0 Å². The molecule has 1 amide bonds. The number of rotatable bonds is 7. The lowest BCUT2D eigenvalue weighted by atomic mass is 9.68. The summed E-state index contributed by atoms with van der Waals surface area (Å²) in [6.07, 6.45) is 3.10. The van der Waals surface area contributed by atoms with Crippen molar-refractivity contribution in [2.75, 3.05) is 25.9 Å². The normalized spacial score (nSPS) is 24.3. The molecule has 4 atom stereocenters. The van der Waals surface area contributed by atoms with E-state index < -0.39 is 71.4 Å². The average Bonchev–Trinajstić information content (AvgIpc) is 3.13. The predicted octanol–water partition coefficient (Wildman–Crippen LogP) is 4.47. The Bertz CT molecular complexity index is 2020. The summed E-state index contributed by atoms with van der Waals surface area (Å²) < 4.78 is 57.3. The van der Waals surface area contributed by atoms with Crippen LogP contribution in [-0.4, -0.2) is 73.0 Å². The van der Waals surface area contributed by atoms with Gasteiger partial charge in [-0.1, -0.05) is 36.3 Å². The number of ether oxygens (including phenoxy) is 2. The van der Waals surface area contributed by atoms with Crippen molar-refractivity contribution >= 4 is 11.6 Å². The van der Waals surface area contributed by atoms with Gasteiger partial charge >= 0.3 is 0 Å². The van der Waals surface area contributed by atoms with Gasteiger partial charge in [0.1, 0.15) is 34.8 Å². The Morgan fingerprint density at radius 2 is 1.88 bits per heavy atom. The van der Waals surface area contributed by atoms with Gasteiger partial charge in [-0.05, 0) is 79.5 Å². The van der Waals surface area contributed by atoms with Gasteiger partial charge in [0.25, 0.3) is 11.5 Å². The number of alkyl halides is 2. The number of likely N-dealkylation sites (tertiary alicyclic amines) is 1. The zero-order valence-electron chi connectivity index (χ0n) is 28.1. The summed E-state index contributed by atoms with van der Waals surface area (Å²) in [5, 5.41) is 19.3. The van der Waals surface area contributed by atoms with Crippen LogP contribution in [0.3, 0.4) is 0 Å². The Morgan fingerprint density at radius 3 is 2.57 bits per heavy atom. The molecule has 2 aromatic carbocycles. The molecule has 3 heterocycles. The third-order valence-electron chi connectivity index (χ3n) is 9.71. The zero-order chi connectivity index (χ0) is 36.4. The van der Waals surface area contributed by atoms with E-state index in [0.717, 1.165) is 39.1 Å². The first-order valence-corrected chi connectivity index (χ1v) is 16.4. The fraction of sp³-hybridized carbons (Fsp3) is 0.378. The molecular formula is C37H37F3N6O5. The second-order valence-electron chi connectivity index (χ2n) is 13.1. The van der Waals surface area contributed by atoms with Crippen LogP contribution < -0.4 is 16.0 Å². The van der Waals surface area contributed by atoms with E-state index in [1.54, 1.807) is 13.3 Å². The third kappa shape index (κ3) is 7.45. The van der Waals surface area contributed by atoms with E-state index in [1.165, 1.54) is 12.1 Å². The highest BCUT2D eigenvalue weighted by atomic mass is 19.3. The minimum absolute atomic E-state index is 0.153.